The van der Waals surface area contributed by atoms with E-state index in [-0.39, 0.29) is 0 Å². The van der Waals surface area contributed by atoms with E-state index < -0.39 is 19.8 Å². The fourth-order valence-electron chi connectivity index (χ4n) is 3.19. The molecule has 3 rings (SSSR count). The zero-order valence-corrected chi connectivity index (χ0v) is 21.7. The van der Waals surface area contributed by atoms with Crippen LogP contribution in [-0.4, -0.2) is 48.2 Å². The minimum absolute atomic E-state index is 0.403. The van der Waals surface area contributed by atoms with E-state index >= 15 is 0 Å². The number of pyridine rings is 1. The number of nitrogens with two attached hydrogens (primary N) is 1. The number of rotatable bonds is 7. The molecule has 0 bridgehead atoms. The maximum atomic E-state index is 12.3. The Hall–Kier alpha value is -2.91. The van der Waals surface area contributed by atoms with E-state index in [2.05, 4.69) is 29.7 Å². The first-order valence-corrected chi connectivity index (χ1v) is 14.8. The molecule has 0 aliphatic heterocycles. The summed E-state index contributed by atoms with van der Waals surface area (Å²) >= 11 is 0. The first-order valence-electron chi connectivity index (χ1n) is 11.1. The molecule has 0 fully saturated rings. The van der Waals surface area contributed by atoms with Crippen molar-refractivity contribution in [3.63, 3.8) is 0 Å². The highest BCUT2D eigenvalue weighted by Gasteiger charge is 2.21. The van der Waals surface area contributed by atoms with Crippen molar-refractivity contribution in [1.29, 1.82) is 0 Å². The van der Waals surface area contributed by atoms with Gasteiger partial charge in [-0.2, -0.15) is 5.10 Å². The van der Waals surface area contributed by atoms with Crippen molar-refractivity contribution >= 4 is 36.6 Å². The number of carbonyl (C=O) groups excluding carboxylic acids is 1. The van der Waals surface area contributed by atoms with Crippen LogP contribution in [0, 0.1) is 0 Å². The number of ether oxygens (including phenoxy) is 2. The van der Waals surface area contributed by atoms with Crippen molar-refractivity contribution in [2.75, 3.05) is 24.3 Å². The standard InChI is InChI=1S/C24H35N5O3Si/c1-24(2,3)32-23(30)28(4)22-9-8-17(14-26-22)19-12-18-15-27-29(21(18)13-20(19)25)16-31-10-11-33(5,6)7/h8-9,12-15H,10-11,16,25H2,1-7H3. The van der Waals surface area contributed by atoms with Crippen molar-refractivity contribution in [1.82, 2.24) is 14.8 Å². The maximum Gasteiger partial charge on any atom is 0.415 e. The van der Waals surface area contributed by atoms with E-state index in [4.69, 9.17) is 15.2 Å². The molecule has 0 saturated heterocycles. The Morgan fingerprint density at radius 3 is 2.52 bits per heavy atom. The molecular formula is C24H35N5O3Si. The molecule has 2 aromatic heterocycles. The maximum absolute atomic E-state index is 12.3. The van der Waals surface area contributed by atoms with Gasteiger partial charge in [-0.25, -0.2) is 14.5 Å². The predicted octanol–water partition coefficient (Wildman–Crippen LogP) is 5.36. The van der Waals surface area contributed by atoms with Gasteiger partial charge < -0.3 is 15.2 Å². The second kappa shape index (κ2) is 9.52. The number of fused-ring (bicyclic) bond motifs is 1. The molecule has 2 heterocycles. The first kappa shape index (κ1) is 24.7. The molecule has 0 spiro atoms. The molecule has 0 atom stereocenters. The molecule has 0 unspecified atom stereocenters. The Kier molecular flexibility index (Phi) is 7.13. The smallest absolute Gasteiger partial charge is 0.415 e. The number of nitrogen functional groups attached to an aromatic ring is 1. The van der Waals surface area contributed by atoms with Gasteiger partial charge in [0.2, 0.25) is 0 Å². The van der Waals surface area contributed by atoms with Gasteiger partial charge in [0.25, 0.3) is 0 Å². The third-order valence-corrected chi connectivity index (χ3v) is 6.80. The van der Waals surface area contributed by atoms with E-state index in [1.54, 1.807) is 19.3 Å². The van der Waals surface area contributed by atoms with Gasteiger partial charge in [-0.1, -0.05) is 19.6 Å². The lowest BCUT2D eigenvalue weighted by Crippen LogP contribution is -2.34. The summed E-state index contributed by atoms with van der Waals surface area (Å²) in [6, 6.07) is 8.71. The SMILES string of the molecule is CN(C(=O)OC(C)(C)C)c1ccc(-c2cc3cnn(COCC[Si](C)(C)C)c3cc2N)cn1. The summed E-state index contributed by atoms with van der Waals surface area (Å²) < 4.78 is 13.1. The molecule has 1 amide bonds. The fourth-order valence-corrected chi connectivity index (χ4v) is 3.95. The van der Waals surface area contributed by atoms with Crippen molar-refractivity contribution < 1.29 is 14.3 Å². The molecule has 2 N–H and O–H groups in total. The van der Waals surface area contributed by atoms with Gasteiger partial charge in [-0.05, 0) is 51.1 Å². The second-order valence-electron chi connectivity index (χ2n) is 10.4. The highest BCUT2D eigenvalue weighted by molar-refractivity contribution is 6.76. The summed E-state index contributed by atoms with van der Waals surface area (Å²) in [7, 11) is 0.511. The molecular weight excluding hydrogens is 434 g/mol. The third kappa shape index (κ3) is 6.55. The predicted molar refractivity (Wildman–Crippen MR) is 136 cm³/mol. The van der Waals surface area contributed by atoms with E-state index in [1.165, 1.54) is 4.90 Å². The summed E-state index contributed by atoms with van der Waals surface area (Å²) in [5, 5.41) is 5.44. The summed E-state index contributed by atoms with van der Waals surface area (Å²) in [5.41, 5.74) is 9.09. The van der Waals surface area contributed by atoms with E-state index in [1.807, 2.05) is 49.8 Å². The molecule has 0 saturated carbocycles. The van der Waals surface area contributed by atoms with Gasteiger partial charge >= 0.3 is 6.09 Å². The molecule has 0 aliphatic rings. The Morgan fingerprint density at radius 2 is 1.91 bits per heavy atom. The lowest BCUT2D eigenvalue weighted by molar-refractivity contribution is 0.0588. The molecule has 0 radical (unpaired) electrons. The van der Waals surface area contributed by atoms with Crippen LogP contribution in [-0.2, 0) is 16.2 Å². The van der Waals surface area contributed by atoms with Gasteiger partial charge in [-0.15, -0.1) is 0 Å². The summed E-state index contributed by atoms with van der Waals surface area (Å²) in [6.07, 6.45) is 3.07. The van der Waals surface area contributed by atoms with Crippen LogP contribution in [0.5, 0.6) is 0 Å². The van der Waals surface area contributed by atoms with Crippen LogP contribution in [0.25, 0.3) is 22.0 Å². The van der Waals surface area contributed by atoms with E-state index in [0.717, 1.165) is 34.7 Å². The number of hydrogen-bond donors (Lipinski definition) is 1. The quantitative estimate of drug-likeness (QED) is 0.284. The Labute approximate surface area is 196 Å². The topological polar surface area (TPSA) is 95.5 Å². The molecule has 9 heteroatoms. The average Bonchev–Trinajstić information content (AvgIpc) is 3.10. The van der Waals surface area contributed by atoms with Crippen LogP contribution in [0.2, 0.25) is 25.7 Å². The number of nitrogens with zero attached hydrogens (tertiary/aromatic N) is 4. The lowest BCUT2D eigenvalue weighted by Gasteiger charge is -2.24. The molecule has 0 aliphatic carbocycles. The number of aromatic nitrogens is 3. The average molecular weight is 470 g/mol. The number of hydrogen-bond acceptors (Lipinski definition) is 6. The minimum Gasteiger partial charge on any atom is -0.443 e. The largest absolute Gasteiger partial charge is 0.443 e. The van der Waals surface area contributed by atoms with Crippen molar-refractivity contribution in [3.8, 4) is 11.1 Å². The van der Waals surface area contributed by atoms with Crippen LogP contribution < -0.4 is 10.6 Å². The molecule has 8 nitrogen and oxygen atoms in total. The monoisotopic (exact) mass is 469 g/mol. The highest BCUT2D eigenvalue weighted by atomic mass is 28.3. The number of benzene rings is 1. The Morgan fingerprint density at radius 1 is 1.18 bits per heavy atom. The first-order chi connectivity index (χ1) is 15.3. The van der Waals surface area contributed by atoms with Crippen LogP contribution in [0.4, 0.5) is 16.3 Å². The zero-order valence-electron chi connectivity index (χ0n) is 20.7. The lowest BCUT2D eigenvalue weighted by atomic mass is 10.0. The van der Waals surface area contributed by atoms with Crippen LogP contribution in [0.15, 0.2) is 36.7 Å². The number of anilines is 2. The van der Waals surface area contributed by atoms with Crippen molar-refractivity contribution in [2.45, 2.75) is 58.8 Å². The molecule has 33 heavy (non-hydrogen) atoms. The van der Waals surface area contributed by atoms with E-state index in [9.17, 15) is 4.79 Å². The number of amides is 1. The van der Waals surface area contributed by atoms with Crippen molar-refractivity contribution in [2.24, 2.45) is 0 Å². The van der Waals surface area contributed by atoms with Gasteiger partial charge in [-0.3, -0.25) is 4.90 Å². The van der Waals surface area contributed by atoms with Gasteiger partial charge in [0.1, 0.15) is 18.1 Å². The van der Waals surface area contributed by atoms with Crippen LogP contribution in [0.3, 0.4) is 0 Å². The Bertz CT molecular complexity index is 1110. The number of carbonyl (C=O) groups is 1. The summed E-state index contributed by atoms with van der Waals surface area (Å²) in [5.74, 6) is 0.496. The third-order valence-electron chi connectivity index (χ3n) is 5.09. The van der Waals surface area contributed by atoms with Gasteiger partial charge in [0.05, 0.1) is 11.7 Å². The fraction of sp³-hybridized carbons (Fsp3) is 0.458. The van der Waals surface area contributed by atoms with Crippen LogP contribution >= 0.6 is 0 Å². The highest BCUT2D eigenvalue weighted by Crippen LogP contribution is 2.31. The van der Waals surface area contributed by atoms with Gasteiger partial charge in [0.15, 0.2) is 0 Å². The summed E-state index contributed by atoms with van der Waals surface area (Å²) in [6.45, 7) is 13.6. The van der Waals surface area contributed by atoms with Crippen molar-refractivity contribution in [3.05, 3.63) is 36.7 Å². The molecule has 178 valence electrons. The molecule has 3 aromatic rings. The Balaban J connectivity index is 1.75. The minimum atomic E-state index is -1.12. The normalized spacial score (nSPS) is 12.2. The zero-order chi connectivity index (χ0) is 24.4. The van der Waals surface area contributed by atoms with Crippen LogP contribution in [0.1, 0.15) is 20.8 Å². The second-order valence-corrected chi connectivity index (χ2v) is 16.1. The molecule has 1 aromatic carbocycles. The van der Waals surface area contributed by atoms with Gasteiger partial charge in [0, 0.05) is 50.1 Å². The van der Waals surface area contributed by atoms with E-state index in [0.29, 0.717) is 18.2 Å². The summed E-state index contributed by atoms with van der Waals surface area (Å²) in [4.78, 5) is 18.1.